The topological polar surface area (TPSA) is 29.9 Å². The molecule has 0 radical (unpaired) electrons. The van der Waals surface area contributed by atoms with Gasteiger partial charge in [-0.25, -0.2) is 4.98 Å². The van der Waals surface area contributed by atoms with Gasteiger partial charge in [0.2, 0.25) is 0 Å². The van der Waals surface area contributed by atoms with Crippen LogP contribution in [0.5, 0.6) is 0 Å². The summed E-state index contributed by atoms with van der Waals surface area (Å²) in [5.41, 5.74) is 2.40. The number of aryl methyl sites for hydroxylation is 1. The van der Waals surface area contributed by atoms with Gasteiger partial charge in [0.25, 0.3) is 0 Å². The standard InChI is InChI=1S/C16H25N3/c1-4-8-16-18-14-9-6-7-10-15(14)19(16)12-13(3)11-17-5-2/h6-7,9-10,13,17H,4-5,8,11-12H2,1-3H3. The Morgan fingerprint density at radius 2 is 2.05 bits per heavy atom. The zero-order chi connectivity index (χ0) is 13.7. The summed E-state index contributed by atoms with van der Waals surface area (Å²) >= 11 is 0. The van der Waals surface area contributed by atoms with Gasteiger partial charge >= 0.3 is 0 Å². The fourth-order valence-corrected chi connectivity index (χ4v) is 2.51. The smallest absolute Gasteiger partial charge is 0.109 e. The Balaban J connectivity index is 2.25. The molecule has 19 heavy (non-hydrogen) atoms. The van der Waals surface area contributed by atoms with Crippen LogP contribution in [-0.2, 0) is 13.0 Å². The van der Waals surface area contributed by atoms with Crippen molar-refractivity contribution in [2.45, 2.75) is 40.2 Å². The highest BCUT2D eigenvalue weighted by atomic mass is 15.1. The molecule has 2 aromatic rings. The summed E-state index contributed by atoms with van der Waals surface area (Å²) in [6.45, 7) is 9.81. The van der Waals surface area contributed by atoms with Crippen molar-refractivity contribution in [2.75, 3.05) is 13.1 Å². The lowest BCUT2D eigenvalue weighted by Gasteiger charge is -2.15. The molecule has 3 nitrogen and oxygen atoms in total. The summed E-state index contributed by atoms with van der Waals surface area (Å²) in [4.78, 5) is 4.78. The van der Waals surface area contributed by atoms with Crippen LogP contribution >= 0.6 is 0 Å². The van der Waals surface area contributed by atoms with Crippen LogP contribution in [0, 0.1) is 5.92 Å². The molecule has 1 unspecified atom stereocenters. The van der Waals surface area contributed by atoms with Crippen molar-refractivity contribution in [1.82, 2.24) is 14.9 Å². The zero-order valence-corrected chi connectivity index (χ0v) is 12.3. The highest BCUT2D eigenvalue weighted by molar-refractivity contribution is 5.75. The van der Waals surface area contributed by atoms with Crippen molar-refractivity contribution in [3.63, 3.8) is 0 Å². The van der Waals surface area contributed by atoms with Crippen molar-refractivity contribution in [1.29, 1.82) is 0 Å². The van der Waals surface area contributed by atoms with E-state index in [0.717, 1.165) is 38.0 Å². The van der Waals surface area contributed by atoms with E-state index in [9.17, 15) is 0 Å². The molecule has 0 saturated carbocycles. The lowest BCUT2D eigenvalue weighted by molar-refractivity contribution is 0.448. The number of fused-ring (bicyclic) bond motifs is 1. The number of nitrogens with one attached hydrogen (secondary N) is 1. The van der Waals surface area contributed by atoms with Gasteiger partial charge < -0.3 is 9.88 Å². The van der Waals surface area contributed by atoms with Gasteiger partial charge in [-0.2, -0.15) is 0 Å². The highest BCUT2D eigenvalue weighted by Crippen LogP contribution is 2.18. The molecule has 3 heteroatoms. The molecule has 0 aliphatic rings. The predicted molar refractivity (Wildman–Crippen MR) is 81.4 cm³/mol. The maximum atomic E-state index is 4.78. The Kier molecular flexibility index (Phi) is 4.97. The molecule has 0 aliphatic heterocycles. The van der Waals surface area contributed by atoms with Gasteiger partial charge in [-0.3, -0.25) is 0 Å². The number of benzene rings is 1. The molecule has 1 N–H and O–H groups in total. The van der Waals surface area contributed by atoms with Crippen molar-refractivity contribution >= 4 is 11.0 Å². The summed E-state index contributed by atoms with van der Waals surface area (Å²) in [6.07, 6.45) is 2.20. The number of aromatic nitrogens is 2. The second-order valence-corrected chi connectivity index (χ2v) is 5.29. The number of rotatable bonds is 7. The molecule has 0 aliphatic carbocycles. The SMILES string of the molecule is CCCc1nc2ccccc2n1CC(C)CNCC. The van der Waals surface area contributed by atoms with E-state index in [1.807, 2.05) is 0 Å². The molecule has 104 valence electrons. The number of imidazole rings is 1. The quantitative estimate of drug-likeness (QED) is 0.827. The van der Waals surface area contributed by atoms with Crippen molar-refractivity contribution < 1.29 is 0 Å². The van der Waals surface area contributed by atoms with Gasteiger partial charge in [-0.1, -0.05) is 32.9 Å². The summed E-state index contributed by atoms with van der Waals surface area (Å²) < 4.78 is 2.40. The van der Waals surface area contributed by atoms with Crippen molar-refractivity contribution in [3.8, 4) is 0 Å². The third-order valence-corrected chi connectivity index (χ3v) is 3.44. The summed E-state index contributed by atoms with van der Waals surface area (Å²) in [6, 6.07) is 8.46. The van der Waals surface area contributed by atoms with E-state index in [0.29, 0.717) is 5.92 Å². The molecule has 0 saturated heterocycles. The molecule has 0 fully saturated rings. The van der Waals surface area contributed by atoms with E-state index in [-0.39, 0.29) is 0 Å². The Bertz CT molecular complexity index is 516. The van der Waals surface area contributed by atoms with Crippen LogP contribution in [0.15, 0.2) is 24.3 Å². The minimum atomic E-state index is 0.619. The van der Waals surface area contributed by atoms with E-state index >= 15 is 0 Å². The maximum absolute atomic E-state index is 4.78. The molecule has 1 aromatic carbocycles. The Morgan fingerprint density at radius 3 is 2.79 bits per heavy atom. The van der Waals surface area contributed by atoms with E-state index in [4.69, 9.17) is 4.98 Å². The molecule has 0 amide bonds. The van der Waals surface area contributed by atoms with Crippen molar-refractivity contribution in [2.24, 2.45) is 5.92 Å². The van der Waals surface area contributed by atoms with Gasteiger partial charge in [0.05, 0.1) is 11.0 Å². The Morgan fingerprint density at radius 1 is 1.26 bits per heavy atom. The molecule has 0 spiro atoms. The Hall–Kier alpha value is -1.35. The van der Waals surface area contributed by atoms with Gasteiger partial charge in [-0.15, -0.1) is 0 Å². The maximum Gasteiger partial charge on any atom is 0.109 e. The number of para-hydroxylation sites is 2. The molecular weight excluding hydrogens is 234 g/mol. The monoisotopic (exact) mass is 259 g/mol. The normalized spacial score (nSPS) is 13.0. The molecule has 1 heterocycles. The Labute approximate surface area is 116 Å². The minimum absolute atomic E-state index is 0.619. The first-order valence-electron chi connectivity index (χ1n) is 7.41. The first kappa shape index (κ1) is 14.1. The fraction of sp³-hybridized carbons (Fsp3) is 0.562. The second kappa shape index (κ2) is 6.71. The average molecular weight is 259 g/mol. The van der Waals surface area contributed by atoms with Crippen LogP contribution in [0.4, 0.5) is 0 Å². The molecular formula is C16H25N3. The average Bonchev–Trinajstić information content (AvgIpc) is 2.75. The van der Waals surface area contributed by atoms with Crippen LogP contribution in [0.2, 0.25) is 0 Å². The van der Waals surface area contributed by atoms with Gasteiger partial charge in [0.1, 0.15) is 5.82 Å². The second-order valence-electron chi connectivity index (χ2n) is 5.29. The molecule has 0 bridgehead atoms. The lowest BCUT2D eigenvalue weighted by atomic mass is 10.1. The number of hydrogen-bond donors (Lipinski definition) is 1. The van der Waals surface area contributed by atoms with E-state index < -0.39 is 0 Å². The lowest BCUT2D eigenvalue weighted by Crippen LogP contribution is -2.24. The number of nitrogens with zero attached hydrogens (tertiary/aromatic N) is 2. The predicted octanol–water partition coefficient (Wildman–Crippen LogP) is 3.23. The van der Waals surface area contributed by atoms with Gasteiger partial charge in [0.15, 0.2) is 0 Å². The fourth-order valence-electron chi connectivity index (χ4n) is 2.51. The van der Waals surface area contributed by atoms with Crippen LogP contribution in [0.3, 0.4) is 0 Å². The molecule has 1 aromatic heterocycles. The van der Waals surface area contributed by atoms with Crippen LogP contribution in [0.1, 0.15) is 33.0 Å². The van der Waals surface area contributed by atoms with E-state index in [1.54, 1.807) is 0 Å². The van der Waals surface area contributed by atoms with Crippen molar-refractivity contribution in [3.05, 3.63) is 30.1 Å². The van der Waals surface area contributed by atoms with Gasteiger partial charge in [0, 0.05) is 13.0 Å². The third kappa shape index (κ3) is 3.35. The summed E-state index contributed by atoms with van der Waals surface area (Å²) in [5.74, 6) is 1.85. The van der Waals surface area contributed by atoms with Crippen LogP contribution < -0.4 is 5.32 Å². The van der Waals surface area contributed by atoms with E-state index in [2.05, 4.69) is 54.9 Å². The molecule has 2 rings (SSSR count). The third-order valence-electron chi connectivity index (χ3n) is 3.44. The largest absolute Gasteiger partial charge is 0.328 e. The van der Waals surface area contributed by atoms with Gasteiger partial charge in [-0.05, 0) is 37.6 Å². The zero-order valence-electron chi connectivity index (χ0n) is 12.3. The summed E-state index contributed by atoms with van der Waals surface area (Å²) in [5, 5.41) is 3.43. The summed E-state index contributed by atoms with van der Waals surface area (Å²) in [7, 11) is 0. The van der Waals surface area contributed by atoms with E-state index in [1.165, 1.54) is 11.3 Å². The van der Waals surface area contributed by atoms with Crippen LogP contribution in [0.25, 0.3) is 11.0 Å². The minimum Gasteiger partial charge on any atom is -0.328 e. The van der Waals surface area contributed by atoms with Crippen LogP contribution in [-0.4, -0.2) is 22.6 Å². The first-order chi connectivity index (χ1) is 9.26. The highest BCUT2D eigenvalue weighted by Gasteiger charge is 2.12. The molecule has 1 atom stereocenters. The number of hydrogen-bond acceptors (Lipinski definition) is 2. The first-order valence-corrected chi connectivity index (χ1v) is 7.41.